The zero-order valence-corrected chi connectivity index (χ0v) is 15.8. The summed E-state index contributed by atoms with van der Waals surface area (Å²) in [6, 6.07) is 0.309. The fraction of sp³-hybridized carbons (Fsp3) is 0.706. The van der Waals surface area contributed by atoms with E-state index in [0.29, 0.717) is 49.1 Å². The van der Waals surface area contributed by atoms with Crippen LogP contribution in [0.15, 0.2) is 11.0 Å². The highest BCUT2D eigenvalue weighted by atomic mass is 35.5. The van der Waals surface area contributed by atoms with Crippen molar-refractivity contribution in [2.45, 2.75) is 44.7 Å². The molecule has 1 aliphatic carbocycles. The second-order valence-electron chi connectivity index (χ2n) is 7.03. The Morgan fingerprint density at radius 1 is 1.26 bits per heavy atom. The highest BCUT2D eigenvalue weighted by Crippen LogP contribution is 2.22. The lowest BCUT2D eigenvalue weighted by Crippen LogP contribution is -2.50. The Bertz CT molecular complexity index is 716. The van der Waals surface area contributed by atoms with Gasteiger partial charge in [-0.2, -0.15) is 5.10 Å². The van der Waals surface area contributed by atoms with Crippen LogP contribution in [0.2, 0.25) is 5.02 Å². The summed E-state index contributed by atoms with van der Waals surface area (Å²) >= 11 is 6.09. The minimum absolute atomic E-state index is 0.0460. The molecule has 1 aromatic rings. The van der Waals surface area contributed by atoms with Crippen molar-refractivity contribution in [2.75, 3.05) is 37.6 Å². The van der Waals surface area contributed by atoms with Gasteiger partial charge in [-0.15, -0.1) is 0 Å². The highest BCUT2D eigenvalue weighted by molar-refractivity contribution is 6.33. The number of amides is 1. The van der Waals surface area contributed by atoms with Crippen molar-refractivity contribution < 1.29 is 13.6 Å². The van der Waals surface area contributed by atoms with Gasteiger partial charge in [0.25, 0.3) is 12.0 Å². The Morgan fingerprint density at radius 3 is 2.56 bits per heavy atom. The zero-order valence-electron chi connectivity index (χ0n) is 15.0. The molecule has 1 saturated carbocycles. The maximum absolute atomic E-state index is 12.5. The molecule has 2 heterocycles. The molecule has 1 aromatic heterocycles. The van der Waals surface area contributed by atoms with Crippen molar-refractivity contribution in [1.82, 2.24) is 20.0 Å². The van der Waals surface area contributed by atoms with Crippen LogP contribution in [0.5, 0.6) is 0 Å². The molecule has 1 aliphatic heterocycles. The Balaban J connectivity index is 1.53. The van der Waals surface area contributed by atoms with Crippen LogP contribution in [0.25, 0.3) is 0 Å². The van der Waals surface area contributed by atoms with Gasteiger partial charge in [0.2, 0.25) is 5.91 Å². The summed E-state index contributed by atoms with van der Waals surface area (Å²) in [6.45, 7) is 2.03. The summed E-state index contributed by atoms with van der Waals surface area (Å²) in [4.78, 5) is 28.2. The first-order chi connectivity index (χ1) is 12.9. The summed E-state index contributed by atoms with van der Waals surface area (Å²) in [5.41, 5.74) is -0.268. The minimum Gasteiger partial charge on any atom is -0.366 e. The van der Waals surface area contributed by atoms with Crippen LogP contribution < -0.4 is 15.8 Å². The van der Waals surface area contributed by atoms with E-state index in [4.69, 9.17) is 11.6 Å². The van der Waals surface area contributed by atoms with Crippen LogP contribution >= 0.6 is 11.6 Å². The second-order valence-corrected chi connectivity index (χ2v) is 7.41. The zero-order chi connectivity index (χ0) is 19.4. The molecule has 7 nitrogen and oxygen atoms in total. The van der Waals surface area contributed by atoms with E-state index in [1.54, 1.807) is 0 Å². The number of aromatic nitrogens is 2. The quantitative estimate of drug-likeness (QED) is 0.776. The molecule has 0 unspecified atom stereocenters. The third-order valence-electron chi connectivity index (χ3n) is 5.08. The number of piperazine rings is 1. The van der Waals surface area contributed by atoms with Gasteiger partial charge in [-0.3, -0.25) is 14.5 Å². The number of alkyl halides is 2. The first-order valence-corrected chi connectivity index (χ1v) is 9.62. The maximum Gasteiger partial charge on any atom is 0.287 e. The molecule has 3 rings (SSSR count). The van der Waals surface area contributed by atoms with Crippen molar-refractivity contribution in [1.29, 1.82) is 0 Å². The van der Waals surface area contributed by atoms with Gasteiger partial charge in [-0.1, -0.05) is 24.4 Å². The van der Waals surface area contributed by atoms with Gasteiger partial charge in [-0.05, 0) is 12.8 Å². The predicted octanol–water partition coefficient (Wildman–Crippen LogP) is 1.34. The molecule has 0 radical (unpaired) electrons. The molecule has 2 fully saturated rings. The predicted molar refractivity (Wildman–Crippen MR) is 98.6 cm³/mol. The molecule has 1 saturated heterocycles. The lowest BCUT2D eigenvalue weighted by Gasteiger charge is -2.36. The number of carbonyl (C=O) groups is 1. The molecular weight excluding hydrogens is 380 g/mol. The van der Waals surface area contributed by atoms with E-state index < -0.39 is 18.5 Å². The second kappa shape index (κ2) is 8.97. The summed E-state index contributed by atoms with van der Waals surface area (Å²) < 4.78 is 25.6. The summed E-state index contributed by atoms with van der Waals surface area (Å²) in [5, 5.41) is 6.78. The SMILES string of the molecule is O=C(CN1CCN(c2cnn(CC(F)F)c(=O)c2Cl)CC1)NC1CCCC1. The first-order valence-electron chi connectivity index (χ1n) is 9.24. The smallest absolute Gasteiger partial charge is 0.287 e. The molecule has 10 heteroatoms. The molecule has 0 aromatic carbocycles. The van der Waals surface area contributed by atoms with Gasteiger partial charge in [0.15, 0.2) is 0 Å². The van der Waals surface area contributed by atoms with E-state index in [1.807, 2.05) is 4.90 Å². The molecule has 27 heavy (non-hydrogen) atoms. The van der Waals surface area contributed by atoms with Gasteiger partial charge >= 0.3 is 0 Å². The molecule has 0 atom stereocenters. The average molecular weight is 404 g/mol. The fourth-order valence-electron chi connectivity index (χ4n) is 3.63. The van der Waals surface area contributed by atoms with Crippen molar-refractivity contribution in [3.63, 3.8) is 0 Å². The summed E-state index contributed by atoms with van der Waals surface area (Å²) in [7, 11) is 0. The molecule has 1 N–H and O–H groups in total. The van der Waals surface area contributed by atoms with Gasteiger partial charge in [0, 0.05) is 32.2 Å². The molecule has 0 bridgehead atoms. The standard InChI is InChI=1S/C17H24ClF2N5O2/c18-16-13(9-21-25(17(16)27)10-14(19)20)24-7-5-23(6-8-24)11-15(26)22-12-3-1-2-4-12/h9,12,14H,1-8,10-11H2,(H,22,26). The number of hydrogen-bond acceptors (Lipinski definition) is 5. The molecule has 1 amide bonds. The Kier molecular flexibility index (Phi) is 6.64. The van der Waals surface area contributed by atoms with E-state index in [2.05, 4.69) is 15.3 Å². The van der Waals surface area contributed by atoms with Crippen LogP contribution in [0.1, 0.15) is 25.7 Å². The van der Waals surface area contributed by atoms with E-state index in [1.165, 1.54) is 19.0 Å². The topological polar surface area (TPSA) is 70.5 Å². The van der Waals surface area contributed by atoms with Crippen molar-refractivity contribution in [3.05, 3.63) is 21.6 Å². The Morgan fingerprint density at radius 2 is 1.93 bits per heavy atom. The summed E-state index contributed by atoms with van der Waals surface area (Å²) in [5.74, 6) is 0.0460. The Labute approximate surface area is 161 Å². The van der Waals surface area contributed by atoms with Crippen LogP contribution in [0.3, 0.4) is 0 Å². The van der Waals surface area contributed by atoms with Crippen LogP contribution in [0.4, 0.5) is 14.5 Å². The van der Waals surface area contributed by atoms with Crippen LogP contribution in [-0.4, -0.2) is 65.8 Å². The molecule has 150 valence electrons. The van der Waals surface area contributed by atoms with E-state index >= 15 is 0 Å². The lowest BCUT2D eigenvalue weighted by molar-refractivity contribution is -0.123. The third-order valence-corrected chi connectivity index (χ3v) is 5.43. The fourth-order valence-corrected chi connectivity index (χ4v) is 3.90. The van der Waals surface area contributed by atoms with Gasteiger partial charge < -0.3 is 10.2 Å². The average Bonchev–Trinajstić information content (AvgIpc) is 3.12. The molecular formula is C17H24ClF2N5O2. The number of halogens is 3. The molecule has 2 aliphatic rings. The van der Waals surface area contributed by atoms with Crippen molar-refractivity contribution in [3.8, 4) is 0 Å². The van der Waals surface area contributed by atoms with Crippen molar-refractivity contribution >= 4 is 23.2 Å². The third kappa shape index (κ3) is 5.16. The monoisotopic (exact) mass is 403 g/mol. The number of carbonyl (C=O) groups excluding carboxylic acids is 1. The number of anilines is 1. The lowest BCUT2D eigenvalue weighted by atomic mass is 10.2. The van der Waals surface area contributed by atoms with E-state index in [-0.39, 0.29) is 10.9 Å². The van der Waals surface area contributed by atoms with Crippen LogP contribution in [0, 0.1) is 0 Å². The van der Waals surface area contributed by atoms with Crippen molar-refractivity contribution in [2.24, 2.45) is 0 Å². The Hall–Kier alpha value is -1.74. The first kappa shape index (κ1) is 20.0. The summed E-state index contributed by atoms with van der Waals surface area (Å²) in [6.07, 6.45) is 3.15. The van der Waals surface area contributed by atoms with Gasteiger partial charge in [0.1, 0.15) is 11.6 Å². The number of hydrogen-bond donors (Lipinski definition) is 1. The van der Waals surface area contributed by atoms with Gasteiger partial charge in [-0.25, -0.2) is 13.5 Å². The highest BCUT2D eigenvalue weighted by Gasteiger charge is 2.24. The van der Waals surface area contributed by atoms with Gasteiger partial charge in [0.05, 0.1) is 18.4 Å². The normalized spacial score (nSPS) is 19.0. The van der Waals surface area contributed by atoms with E-state index in [9.17, 15) is 18.4 Å². The number of rotatable bonds is 6. The maximum atomic E-state index is 12.5. The van der Waals surface area contributed by atoms with E-state index in [0.717, 1.165) is 12.8 Å². The largest absolute Gasteiger partial charge is 0.366 e. The number of nitrogens with zero attached hydrogens (tertiary/aromatic N) is 4. The minimum atomic E-state index is -2.67. The molecule has 0 spiro atoms. The van der Waals surface area contributed by atoms with Crippen LogP contribution in [-0.2, 0) is 11.3 Å². The number of nitrogens with one attached hydrogen (secondary N) is 1.